The molecule has 0 saturated heterocycles. The topological polar surface area (TPSA) is 26.0 Å². The molecule has 0 saturated carbocycles. The van der Waals surface area contributed by atoms with Crippen LogP contribution in [0.15, 0.2) is 46.9 Å². The number of oxazole rings is 1. The quantitative estimate of drug-likeness (QED) is 0.672. The zero-order chi connectivity index (χ0) is 12.5. The smallest absolute Gasteiger partial charge is 0.199 e. The van der Waals surface area contributed by atoms with Crippen molar-refractivity contribution in [2.24, 2.45) is 0 Å². The van der Waals surface area contributed by atoms with Gasteiger partial charge in [0.25, 0.3) is 0 Å². The van der Waals surface area contributed by atoms with Gasteiger partial charge in [0.1, 0.15) is 5.52 Å². The predicted octanol–water partition coefficient (Wildman–Crippen LogP) is 4.04. The molecule has 0 bridgehead atoms. The zero-order valence-corrected chi connectivity index (χ0v) is 10.6. The summed E-state index contributed by atoms with van der Waals surface area (Å²) in [6.45, 7) is 4.15. The van der Waals surface area contributed by atoms with Gasteiger partial charge >= 0.3 is 0 Å². The molecule has 1 heterocycles. The zero-order valence-electron chi connectivity index (χ0n) is 10.6. The van der Waals surface area contributed by atoms with E-state index in [1.165, 1.54) is 16.7 Å². The first kappa shape index (κ1) is 11.0. The SMILES string of the molecule is Cc1cccc(Cc2nc3ccc(C)cc3o2)c1. The van der Waals surface area contributed by atoms with Crippen molar-refractivity contribution < 1.29 is 4.42 Å². The lowest BCUT2D eigenvalue weighted by Gasteiger charge is -1.98. The Hall–Kier alpha value is -2.09. The van der Waals surface area contributed by atoms with Gasteiger partial charge in [-0.2, -0.15) is 0 Å². The largest absolute Gasteiger partial charge is 0.440 e. The molecule has 0 aliphatic carbocycles. The van der Waals surface area contributed by atoms with Gasteiger partial charge in [-0.05, 0) is 37.1 Å². The Morgan fingerprint density at radius 1 is 1.00 bits per heavy atom. The van der Waals surface area contributed by atoms with E-state index in [4.69, 9.17) is 4.42 Å². The molecule has 3 rings (SSSR count). The monoisotopic (exact) mass is 237 g/mol. The first-order valence-corrected chi connectivity index (χ1v) is 6.12. The Bertz CT molecular complexity index is 697. The summed E-state index contributed by atoms with van der Waals surface area (Å²) in [6, 6.07) is 14.5. The van der Waals surface area contributed by atoms with Gasteiger partial charge in [-0.15, -0.1) is 0 Å². The summed E-state index contributed by atoms with van der Waals surface area (Å²) in [5, 5.41) is 0. The molecule has 0 N–H and O–H groups in total. The predicted molar refractivity (Wildman–Crippen MR) is 72.7 cm³/mol. The van der Waals surface area contributed by atoms with Crippen LogP contribution in [0.1, 0.15) is 22.6 Å². The van der Waals surface area contributed by atoms with Crippen molar-refractivity contribution in [1.29, 1.82) is 0 Å². The second kappa shape index (κ2) is 4.30. The van der Waals surface area contributed by atoms with E-state index in [1.807, 2.05) is 12.1 Å². The van der Waals surface area contributed by atoms with Crippen LogP contribution in [-0.2, 0) is 6.42 Å². The van der Waals surface area contributed by atoms with E-state index >= 15 is 0 Å². The van der Waals surface area contributed by atoms with Gasteiger partial charge in [-0.25, -0.2) is 4.98 Å². The number of hydrogen-bond acceptors (Lipinski definition) is 2. The molecule has 0 spiro atoms. The number of nitrogens with zero attached hydrogens (tertiary/aromatic N) is 1. The van der Waals surface area contributed by atoms with Crippen LogP contribution in [0.2, 0.25) is 0 Å². The van der Waals surface area contributed by atoms with E-state index in [9.17, 15) is 0 Å². The molecule has 0 fully saturated rings. The summed E-state index contributed by atoms with van der Waals surface area (Å²) in [4.78, 5) is 4.51. The van der Waals surface area contributed by atoms with Crippen LogP contribution in [0.5, 0.6) is 0 Å². The van der Waals surface area contributed by atoms with Crippen LogP contribution in [0.4, 0.5) is 0 Å². The molecule has 0 aliphatic heterocycles. The van der Waals surface area contributed by atoms with Crippen molar-refractivity contribution in [1.82, 2.24) is 4.98 Å². The van der Waals surface area contributed by atoms with Crippen LogP contribution in [0.25, 0.3) is 11.1 Å². The summed E-state index contributed by atoms with van der Waals surface area (Å²) in [6.07, 6.45) is 0.745. The van der Waals surface area contributed by atoms with Crippen molar-refractivity contribution in [2.45, 2.75) is 20.3 Å². The van der Waals surface area contributed by atoms with E-state index < -0.39 is 0 Å². The van der Waals surface area contributed by atoms with Gasteiger partial charge < -0.3 is 4.42 Å². The molecule has 0 amide bonds. The highest BCUT2D eigenvalue weighted by atomic mass is 16.3. The summed E-state index contributed by atoms with van der Waals surface area (Å²) < 4.78 is 5.78. The maximum atomic E-state index is 5.78. The van der Waals surface area contributed by atoms with Crippen LogP contribution in [0.3, 0.4) is 0 Å². The molecular formula is C16H15NO. The maximum absolute atomic E-state index is 5.78. The summed E-state index contributed by atoms with van der Waals surface area (Å²) in [5.74, 6) is 0.779. The molecule has 2 aromatic carbocycles. The van der Waals surface area contributed by atoms with Crippen molar-refractivity contribution >= 4 is 11.1 Å². The molecule has 0 radical (unpaired) electrons. The molecule has 2 heteroatoms. The third-order valence-corrected chi connectivity index (χ3v) is 3.03. The third kappa shape index (κ3) is 2.14. The number of hydrogen-bond donors (Lipinski definition) is 0. The van der Waals surface area contributed by atoms with Crippen molar-refractivity contribution in [3.05, 3.63) is 65.0 Å². The average molecular weight is 237 g/mol. The summed E-state index contributed by atoms with van der Waals surface area (Å²) >= 11 is 0. The number of aromatic nitrogens is 1. The highest BCUT2D eigenvalue weighted by Crippen LogP contribution is 2.19. The fourth-order valence-corrected chi connectivity index (χ4v) is 2.15. The van der Waals surface area contributed by atoms with Crippen LogP contribution < -0.4 is 0 Å². The molecule has 3 aromatic rings. The maximum Gasteiger partial charge on any atom is 0.199 e. The third-order valence-electron chi connectivity index (χ3n) is 3.03. The van der Waals surface area contributed by atoms with Crippen molar-refractivity contribution in [3.8, 4) is 0 Å². The summed E-state index contributed by atoms with van der Waals surface area (Å²) in [5.41, 5.74) is 5.50. The lowest BCUT2D eigenvalue weighted by Crippen LogP contribution is -1.88. The minimum atomic E-state index is 0.745. The number of benzene rings is 2. The molecule has 1 aromatic heterocycles. The Morgan fingerprint density at radius 3 is 2.67 bits per heavy atom. The highest BCUT2D eigenvalue weighted by molar-refractivity contribution is 5.73. The molecule has 0 atom stereocenters. The average Bonchev–Trinajstić information content (AvgIpc) is 2.70. The Labute approximate surface area is 106 Å². The standard InChI is InChI=1S/C16H15NO/c1-11-4-3-5-13(8-11)10-16-17-14-7-6-12(2)9-15(14)18-16/h3-9H,10H2,1-2H3. The van der Waals surface area contributed by atoms with E-state index in [0.29, 0.717) is 0 Å². The minimum Gasteiger partial charge on any atom is -0.440 e. The molecule has 0 unspecified atom stereocenters. The van der Waals surface area contributed by atoms with Gasteiger partial charge in [0.05, 0.1) is 0 Å². The molecule has 90 valence electrons. The van der Waals surface area contributed by atoms with Gasteiger partial charge in [0.15, 0.2) is 11.5 Å². The Morgan fingerprint density at radius 2 is 1.83 bits per heavy atom. The minimum absolute atomic E-state index is 0.745. The fourth-order valence-electron chi connectivity index (χ4n) is 2.15. The van der Waals surface area contributed by atoms with Gasteiger partial charge in [0, 0.05) is 6.42 Å². The Kier molecular flexibility index (Phi) is 2.63. The highest BCUT2D eigenvalue weighted by Gasteiger charge is 2.06. The second-order valence-electron chi connectivity index (χ2n) is 4.74. The van der Waals surface area contributed by atoms with Crippen LogP contribution in [-0.4, -0.2) is 4.98 Å². The van der Waals surface area contributed by atoms with E-state index in [-0.39, 0.29) is 0 Å². The fraction of sp³-hybridized carbons (Fsp3) is 0.188. The van der Waals surface area contributed by atoms with Crippen LogP contribution in [0, 0.1) is 13.8 Å². The van der Waals surface area contributed by atoms with Crippen molar-refractivity contribution in [2.75, 3.05) is 0 Å². The molecule has 0 aliphatic rings. The van der Waals surface area contributed by atoms with E-state index in [1.54, 1.807) is 0 Å². The van der Waals surface area contributed by atoms with Gasteiger partial charge in [-0.1, -0.05) is 35.9 Å². The van der Waals surface area contributed by atoms with Crippen LogP contribution >= 0.6 is 0 Å². The van der Waals surface area contributed by atoms with Gasteiger partial charge in [0.2, 0.25) is 0 Å². The Balaban J connectivity index is 1.95. The first-order valence-electron chi connectivity index (χ1n) is 6.12. The van der Waals surface area contributed by atoms with E-state index in [0.717, 1.165) is 23.4 Å². The molecule has 2 nitrogen and oxygen atoms in total. The normalized spacial score (nSPS) is 11.0. The lowest BCUT2D eigenvalue weighted by molar-refractivity contribution is 0.544. The summed E-state index contributed by atoms with van der Waals surface area (Å²) in [7, 11) is 0. The van der Waals surface area contributed by atoms with Gasteiger partial charge in [-0.3, -0.25) is 0 Å². The number of rotatable bonds is 2. The van der Waals surface area contributed by atoms with E-state index in [2.05, 4.69) is 49.2 Å². The number of fused-ring (bicyclic) bond motifs is 1. The second-order valence-corrected chi connectivity index (χ2v) is 4.74. The number of aryl methyl sites for hydroxylation is 2. The molecule has 18 heavy (non-hydrogen) atoms. The van der Waals surface area contributed by atoms with Crippen molar-refractivity contribution in [3.63, 3.8) is 0 Å². The first-order chi connectivity index (χ1) is 8.70. The molecular weight excluding hydrogens is 222 g/mol. The lowest BCUT2D eigenvalue weighted by atomic mass is 10.1.